The van der Waals surface area contributed by atoms with E-state index in [9.17, 15) is 4.39 Å². The zero-order chi connectivity index (χ0) is 16.7. The molecule has 2 heterocycles. The minimum Gasteiger partial charge on any atom is -0.290 e. The van der Waals surface area contributed by atoms with Crippen LogP contribution in [0.25, 0.3) is 0 Å². The van der Waals surface area contributed by atoms with Gasteiger partial charge in [0, 0.05) is 11.3 Å². The Morgan fingerprint density at radius 3 is 2.54 bits per heavy atom. The Kier molecular flexibility index (Phi) is 3.82. The fourth-order valence-electron chi connectivity index (χ4n) is 2.69. The van der Waals surface area contributed by atoms with Gasteiger partial charge >= 0.3 is 0 Å². The Balaban J connectivity index is 1.88. The number of amidine groups is 1. The number of benzene rings is 2. The number of para-hydroxylation sites is 1. The molecule has 2 aromatic carbocycles. The largest absolute Gasteiger partial charge is 0.290 e. The fraction of sp³-hybridized carbons (Fsp3) is 0.118. The molecule has 2 aliphatic heterocycles. The Morgan fingerprint density at radius 1 is 1.08 bits per heavy atom. The highest BCUT2D eigenvalue weighted by Gasteiger charge is 2.38. The smallest absolute Gasteiger partial charge is 0.205 e. The van der Waals surface area contributed by atoms with Crippen LogP contribution in [0.5, 0.6) is 0 Å². The van der Waals surface area contributed by atoms with Crippen molar-refractivity contribution in [2.45, 2.75) is 13.1 Å². The van der Waals surface area contributed by atoms with Gasteiger partial charge in [-0.25, -0.2) is 9.38 Å². The summed E-state index contributed by atoms with van der Waals surface area (Å²) in [7, 11) is 0. The Labute approximate surface area is 148 Å². The summed E-state index contributed by atoms with van der Waals surface area (Å²) in [5.74, 6) is -0.301. The third-order valence-electron chi connectivity index (χ3n) is 3.74. The number of thioether (sulfide) groups is 1. The summed E-state index contributed by atoms with van der Waals surface area (Å²) in [4.78, 5) is 6.56. The highest BCUT2D eigenvalue weighted by atomic mass is 32.2. The highest BCUT2D eigenvalue weighted by Crippen LogP contribution is 2.38. The van der Waals surface area contributed by atoms with Gasteiger partial charge in [-0.2, -0.15) is 10.1 Å². The van der Waals surface area contributed by atoms with Gasteiger partial charge in [-0.05, 0) is 49.1 Å². The molecule has 24 heavy (non-hydrogen) atoms. The zero-order valence-electron chi connectivity index (χ0n) is 12.8. The van der Waals surface area contributed by atoms with Gasteiger partial charge in [0.2, 0.25) is 5.11 Å². The second-order valence-corrected chi connectivity index (χ2v) is 6.85. The van der Waals surface area contributed by atoms with E-state index in [4.69, 9.17) is 17.2 Å². The maximum absolute atomic E-state index is 14.4. The summed E-state index contributed by atoms with van der Waals surface area (Å²) in [5.41, 5.74) is 1.34. The number of halogens is 1. The quantitative estimate of drug-likeness (QED) is 0.748. The van der Waals surface area contributed by atoms with Gasteiger partial charge in [0.25, 0.3) is 0 Å². The minimum absolute atomic E-state index is 0.301. The molecule has 1 atom stereocenters. The Bertz CT molecular complexity index is 866. The molecule has 0 spiro atoms. The van der Waals surface area contributed by atoms with E-state index in [1.807, 2.05) is 42.2 Å². The first kappa shape index (κ1) is 15.3. The SMILES string of the molecule is CC1=NN2C(=S)N(c3ccccc3)[C@H](c3ccccc3F)N=C2S1. The van der Waals surface area contributed by atoms with Crippen molar-refractivity contribution in [1.29, 1.82) is 0 Å². The predicted octanol–water partition coefficient (Wildman–Crippen LogP) is 4.37. The van der Waals surface area contributed by atoms with Crippen LogP contribution < -0.4 is 4.90 Å². The van der Waals surface area contributed by atoms with E-state index in [-0.39, 0.29) is 5.82 Å². The summed E-state index contributed by atoms with van der Waals surface area (Å²) in [6.45, 7) is 1.90. The van der Waals surface area contributed by atoms with Crippen molar-refractivity contribution in [3.8, 4) is 0 Å². The molecule has 0 fully saturated rings. The van der Waals surface area contributed by atoms with Crippen LogP contribution in [0.4, 0.5) is 10.1 Å². The maximum Gasteiger partial charge on any atom is 0.205 e. The van der Waals surface area contributed by atoms with Crippen LogP contribution in [0.3, 0.4) is 0 Å². The van der Waals surface area contributed by atoms with Gasteiger partial charge in [0.05, 0.1) is 5.04 Å². The number of fused-ring (bicyclic) bond motifs is 1. The Morgan fingerprint density at radius 2 is 1.79 bits per heavy atom. The molecular formula is C17H13FN4S2. The van der Waals surface area contributed by atoms with Crippen molar-refractivity contribution in [3.05, 3.63) is 66.0 Å². The van der Waals surface area contributed by atoms with Crippen molar-refractivity contribution >= 4 is 45.0 Å². The van der Waals surface area contributed by atoms with Crippen LogP contribution in [-0.2, 0) is 0 Å². The lowest BCUT2D eigenvalue weighted by atomic mass is 10.1. The van der Waals surface area contributed by atoms with Crippen LogP contribution in [0.1, 0.15) is 18.7 Å². The molecule has 2 aliphatic rings. The molecule has 7 heteroatoms. The van der Waals surface area contributed by atoms with Gasteiger partial charge < -0.3 is 0 Å². The van der Waals surface area contributed by atoms with E-state index in [0.717, 1.165) is 10.7 Å². The van der Waals surface area contributed by atoms with E-state index >= 15 is 0 Å². The topological polar surface area (TPSA) is 31.2 Å². The number of rotatable bonds is 2. The third-order valence-corrected chi connectivity index (χ3v) is 4.95. The lowest BCUT2D eigenvalue weighted by Gasteiger charge is -2.37. The molecule has 0 N–H and O–H groups in total. The third kappa shape index (κ3) is 2.50. The van der Waals surface area contributed by atoms with Crippen molar-refractivity contribution in [3.63, 3.8) is 0 Å². The van der Waals surface area contributed by atoms with Gasteiger partial charge in [-0.15, -0.1) is 0 Å². The van der Waals surface area contributed by atoms with Crippen molar-refractivity contribution < 1.29 is 4.39 Å². The number of hydrazone groups is 1. The molecule has 0 amide bonds. The Hall–Kier alpha value is -2.25. The van der Waals surface area contributed by atoms with E-state index in [2.05, 4.69) is 5.10 Å². The maximum atomic E-state index is 14.4. The standard InChI is InChI=1S/C17H13FN4S2/c1-11-20-22-16(24-11)19-15(13-9-5-6-10-14(13)18)21(17(22)23)12-7-3-2-4-8-12/h2-10,15H,1H3/t15-/m1/s1. The van der Waals surface area contributed by atoms with Crippen LogP contribution in [0.15, 0.2) is 64.7 Å². The van der Waals surface area contributed by atoms with E-state index in [0.29, 0.717) is 15.8 Å². The molecular weight excluding hydrogens is 343 g/mol. The second kappa shape index (κ2) is 5.99. The molecule has 0 unspecified atom stereocenters. The average Bonchev–Trinajstić information content (AvgIpc) is 2.97. The van der Waals surface area contributed by atoms with Gasteiger partial charge in [-0.3, -0.25) is 4.90 Å². The summed E-state index contributed by atoms with van der Waals surface area (Å²) in [6, 6.07) is 16.3. The average molecular weight is 356 g/mol. The van der Waals surface area contributed by atoms with Gasteiger partial charge in [-0.1, -0.05) is 36.4 Å². The lowest BCUT2D eigenvalue weighted by molar-refractivity contribution is 0.557. The first-order valence-electron chi connectivity index (χ1n) is 7.39. The fourth-order valence-corrected chi connectivity index (χ4v) is 3.83. The predicted molar refractivity (Wildman–Crippen MR) is 101 cm³/mol. The van der Waals surface area contributed by atoms with E-state index < -0.39 is 6.17 Å². The normalized spacial score (nSPS) is 19.9. The van der Waals surface area contributed by atoms with Gasteiger partial charge in [0.1, 0.15) is 5.82 Å². The van der Waals surface area contributed by atoms with Crippen LogP contribution in [0.2, 0.25) is 0 Å². The van der Waals surface area contributed by atoms with E-state index in [1.54, 1.807) is 23.2 Å². The van der Waals surface area contributed by atoms with Crippen LogP contribution in [0, 0.1) is 5.82 Å². The summed E-state index contributed by atoms with van der Waals surface area (Å²) in [5, 5.41) is 8.09. The zero-order valence-corrected chi connectivity index (χ0v) is 14.4. The van der Waals surface area contributed by atoms with Crippen molar-refractivity contribution in [2.75, 3.05) is 4.90 Å². The molecule has 4 rings (SSSR count). The lowest BCUT2D eigenvalue weighted by Crippen LogP contribution is -2.47. The number of aliphatic imine (C=N–C) groups is 1. The molecule has 120 valence electrons. The monoisotopic (exact) mass is 356 g/mol. The molecule has 0 bridgehead atoms. The molecule has 0 aliphatic carbocycles. The van der Waals surface area contributed by atoms with Gasteiger partial charge in [0.15, 0.2) is 11.3 Å². The summed E-state index contributed by atoms with van der Waals surface area (Å²) < 4.78 is 14.4. The number of anilines is 1. The second-order valence-electron chi connectivity index (χ2n) is 5.33. The highest BCUT2D eigenvalue weighted by molar-refractivity contribution is 8.26. The first-order valence-corrected chi connectivity index (χ1v) is 8.61. The summed E-state index contributed by atoms with van der Waals surface area (Å²) >= 11 is 7.09. The number of hydrogen-bond acceptors (Lipinski definition) is 4. The van der Waals surface area contributed by atoms with Crippen LogP contribution in [-0.4, -0.2) is 20.3 Å². The molecule has 0 radical (unpaired) electrons. The molecule has 0 saturated carbocycles. The number of nitrogens with zero attached hydrogens (tertiary/aromatic N) is 4. The molecule has 4 nitrogen and oxygen atoms in total. The molecule has 2 aromatic rings. The first-order chi connectivity index (χ1) is 11.6. The molecule has 0 aromatic heterocycles. The van der Waals surface area contributed by atoms with E-state index in [1.165, 1.54) is 17.8 Å². The molecule has 0 saturated heterocycles. The van der Waals surface area contributed by atoms with Crippen LogP contribution >= 0.6 is 24.0 Å². The van der Waals surface area contributed by atoms with Crippen molar-refractivity contribution in [2.24, 2.45) is 10.1 Å². The summed E-state index contributed by atoms with van der Waals surface area (Å²) in [6.07, 6.45) is -0.555. The number of thiocarbonyl (C=S) groups is 1. The van der Waals surface area contributed by atoms with Crippen molar-refractivity contribution in [1.82, 2.24) is 5.01 Å². The minimum atomic E-state index is -0.555. The number of hydrogen-bond donors (Lipinski definition) is 0.